The molecule has 1 fully saturated rings. The predicted octanol–water partition coefficient (Wildman–Crippen LogP) is 2.10. The van der Waals surface area contributed by atoms with E-state index < -0.39 is 0 Å². The molecule has 1 saturated carbocycles. The lowest BCUT2D eigenvalue weighted by atomic mass is 10.1. The number of carbonyl (C=O) groups is 1. The Bertz CT molecular complexity index is 411. The van der Waals surface area contributed by atoms with Crippen LogP contribution in [0.2, 0.25) is 0 Å². The summed E-state index contributed by atoms with van der Waals surface area (Å²) < 4.78 is 5.23. The van der Waals surface area contributed by atoms with E-state index in [1.165, 1.54) is 24.0 Å². The fraction of sp³-hybridized carbons (Fsp3) is 0.500. The SMILES string of the molecule is Cc1ccc(COC(=O)CNC2CC2)c(C)c1. The van der Waals surface area contributed by atoms with Crippen LogP contribution in [0.15, 0.2) is 18.2 Å². The van der Waals surface area contributed by atoms with Gasteiger partial charge in [-0.3, -0.25) is 4.79 Å². The summed E-state index contributed by atoms with van der Waals surface area (Å²) in [4.78, 5) is 11.4. The van der Waals surface area contributed by atoms with Crippen molar-refractivity contribution in [3.8, 4) is 0 Å². The van der Waals surface area contributed by atoms with Crippen molar-refractivity contribution in [2.24, 2.45) is 0 Å². The molecule has 0 aromatic heterocycles. The van der Waals surface area contributed by atoms with Crippen molar-refractivity contribution in [1.82, 2.24) is 5.32 Å². The average molecular weight is 233 g/mol. The first-order chi connectivity index (χ1) is 8.15. The highest BCUT2D eigenvalue weighted by atomic mass is 16.5. The van der Waals surface area contributed by atoms with Crippen LogP contribution in [0, 0.1) is 13.8 Å². The quantitative estimate of drug-likeness (QED) is 0.791. The second kappa shape index (κ2) is 5.32. The summed E-state index contributed by atoms with van der Waals surface area (Å²) in [6.45, 7) is 4.80. The Labute approximate surface area is 102 Å². The molecule has 0 unspecified atom stereocenters. The molecule has 1 aliphatic carbocycles. The molecule has 0 radical (unpaired) electrons. The van der Waals surface area contributed by atoms with E-state index in [4.69, 9.17) is 4.74 Å². The Hall–Kier alpha value is -1.35. The van der Waals surface area contributed by atoms with Gasteiger partial charge in [-0.15, -0.1) is 0 Å². The maximum Gasteiger partial charge on any atom is 0.320 e. The number of benzene rings is 1. The van der Waals surface area contributed by atoms with Gasteiger partial charge in [0.05, 0.1) is 6.54 Å². The zero-order valence-corrected chi connectivity index (χ0v) is 10.5. The van der Waals surface area contributed by atoms with Gasteiger partial charge in [-0.2, -0.15) is 0 Å². The molecule has 1 aromatic carbocycles. The van der Waals surface area contributed by atoms with Gasteiger partial charge < -0.3 is 10.1 Å². The first kappa shape index (κ1) is 12.1. The van der Waals surface area contributed by atoms with Crippen molar-refractivity contribution < 1.29 is 9.53 Å². The summed E-state index contributed by atoms with van der Waals surface area (Å²) in [6.07, 6.45) is 2.37. The molecule has 1 N–H and O–H groups in total. The van der Waals surface area contributed by atoms with Gasteiger partial charge >= 0.3 is 5.97 Å². The minimum Gasteiger partial charge on any atom is -0.460 e. The number of aryl methyl sites for hydroxylation is 2. The molecule has 0 bridgehead atoms. The zero-order valence-electron chi connectivity index (χ0n) is 10.5. The van der Waals surface area contributed by atoms with Gasteiger partial charge in [0.25, 0.3) is 0 Å². The molecule has 1 aromatic rings. The van der Waals surface area contributed by atoms with Gasteiger partial charge in [0, 0.05) is 6.04 Å². The molecular weight excluding hydrogens is 214 g/mol. The lowest BCUT2D eigenvalue weighted by Crippen LogP contribution is -2.26. The Morgan fingerprint density at radius 2 is 2.18 bits per heavy atom. The van der Waals surface area contributed by atoms with Gasteiger partial charge in [0.15, 0.2) is 0 Å². The average Bonchev–Trinajstić information content (AvgIpc) is 3.09. The first-order valence-corrected chi connectivity index (χ1v) is 6.10. The number of hydrogen-bond acceptors (Lipinski definition) is 3. The number of nitrogens with one attached hydrogen (secondary N) is 1. The fourth-order valence-electron chi connectivity index (χ4n) is 1.73. The minimum atomic E-state index is -0.170. The maximum absolute atomic E-state index is 11.4. The number of rotatable bonds is 5. The molecule has 0 amide bonds. The van der Waals surface area contributed by atoms with Crippen LogP contribution in [0.25, 0.3) is 0 Å². The number of hydrogen-bond donors (Lipinski definition) is 1. The van der Waals surface area contributed by atoms with E-state index in [0.29, 0.717) is 19.2 Å². The minimum absolute atomic E-state index is 0.170. The van der Waals surface area contributed by atoms with E-state index in [9.17, 15) is 4.79 Å². The molecule has 3 nitrogen and oxygen atoms in total. The molecule has 92 valence electrons. The summed E-state index contributed by atoms with van der Waals surface area (Å²) in [5.41, 5.74) is 3.48. The van der Waals surface area contributed by atoms with E-state index >= 15 is 0 Å². The Morgan fingerprint density at radius 3 is 2.82 bits per heavy atom. The third kappa shape index (κ3) is 3.86. The molecule has 1 aliphatic rings. The molecule has 0 atom stereocenters. The number of ether oxygens (including phenoxy) is 1. The van der Waals surface area contributed by atoms with E-state index in [2.05, 4.69) is 18.3 Å². The lowest BCUT2D eigenvalue weighted by Gasteiger charge is -2.08. The van der Waals surface area contributed by atoms with Crippen LogP contribution < -0.4 is 5.32 Å². The predicted molar refractivity (Wildman–Crippen MR) is 66.7 cm³/mol. The maximum atomic E-state index is 11.4. The Morgan fingerprint density at radius 1 is 1.41 bits per heavy atom. The summed E-state index contributed by atoms with van der Waals surface area (Å²) in [7, 11) is 0. The number of carbonyl (C=O) groups excluding carboxylic acids is 1. The van der Waals surface area contributed by atoms with Crippen LogP contribution in [-0.4, -0.2) is 18.6 Å². The van der Waals surface area contributed by atoms with E-state index in [1.807, 2.05) is 19.1 Å². The van der Waals surface area contributed by atoms with E-state index in [0.717, 1.165) is 5.56 Å². The molecule has 0 spiro atoms. The Kier molecular flexibility index (Phi) is 3.79. The van der Waals surface area contributed by atoms with Gasteiger partial charge in [-0.05, 0) is 37.8 Å². The van der Waals surface area contributed by atoms with Crippen LogP contribution in [0.1, 0.15) is 29.5 Å². The van der Waals surface area contributed by atoms with Crippen LogP contribution in [-0.2, 0) is 16.1 Å². The van der Waals surface area contributed by atoms with E-state index in [1.54, 1.807) is 0 Å². The van der Waals surface area contributed by atoms with Crippen LogP contribution in [0.4, 0.5) is 0 Å². The van der Waals surface area contributed by atoms with Crippen molar-refractivity contribution in [3.05, 3.63) is 34.9 Å². The molecule has 3 heteroatoms. The number of esters is 1. The normalized spacial score (nSPS) is 14.7. The largest absolute Gasteiger partial charge is 0.460 e. The molecule has 0 saturated heterocycles. The van der Waals surface area contributed by atoms with Crippen molar-refractivity contribution in [2.75, 3.05) is 6.54 Å². The Balaban J connectivity index is 1.77. The van der Waals surface area contributed by atoms with Crippen LogP contribution in [0.5, 0.6) is 0 Å². The van der Waals surface area contributed by atoms with Crippen molar-refractivity contribution in [1.29, 1.82) is 0 Å². The van der Waals surface area contributed by atoms with Crippen LogP contribution in [0.3, 0.4) is 0 Å². The van der Waals surface area contributed by atoms with Gasteiger partial charge in [-0.1, -0.05) is 23.8 Å². The summed E-state index contributed by atoms with van der Waals surface area (Å²) >= 11 is 0. The highest BCUT2D eigenvalue weighted by molar-refractivity contribution is 5.71. The van der Waals surface area contributed by atoms with Gasteiger partial charge in [0.2, 0.25) is 0 Å². The van der Waals surface area contributed by atoms with Gasteiger partial charge in [0.1, 0.15) is 6.61 Å². The van der Waals surface area contributed by atoms with Gasteiger partial charge in [-0.25, -0.2) is 0 Å². The smallest absolute Gasteiger partial charge is 0.320 e. The first-order valence-electron chi connectivity index (χ1n) is 6.10. The van der Waals surface area contributed by atoms with Crippen molar-refractivity contribution in [3.63, 3.8) is 0 Å². The van der Waals surface area contributed by atoms with Crippen LogP contribution >= 0.6 is 0 Å². The molecule has 0 heterocycles. The highest BCUT2D eigenvalue weighted by Gasteiger charge is 2.21. The fourth-order valence-corrected chi connectivity index (χ4v) is 1.73. The second-order valence-electron chi connectivity index (χ2n) is 4.75. The topological polar surface area (TPSA) is 38.3 Å². The summed E-state index contributed by atoms with van der Waals surface area (Å²) in [6, 6.07) is 6.71. The van der Waals surface area contributed by atoms with Crippen molar-refractivity contribution >= 4 is 5.97 Å². The standard InChI is InChI=1S/C14H19NO2/c1-10-3-4-12(11(2)7-10)9-17-14(16)8-15-13-5-6-13/h3-4,7,13,15H,5-6,8-9H2,1-2H3. The third-order valence-corrected chi connectivity index (χ3v) is 3.00. The summed E-state index contributed by atoms with van der Waals surface area (Å²) in [5, 5.41) is 3.14. The van der Waals surface area contributed by atoms with E-state index in [-0.39, 0.29) is 5.97 Å². The van der Waals surface area contributed by atoms with Crippen molar-refractivity contribution in [2.45, 2.75) is 39.3 Å². The summed E-state index contributed by atoms with van der Waals surface area (Å²) in [5.74, 6) is -0.170. The monoisotopic (exact) mass is 233 g/mol. The molecule has 0 aliphatic heterocycles. The molecule has 2 rings (SSSR count). The second-order valence-corrected chi connectivity index (χ2v) is 4.75. The lowest BCUT2D eigenvalue weighted by molar-refractivity contribution is -0.143. The molecular formula is C14H19NO2. The molecule has 17 heavy (non-hydrogen) atoms. The highest BCUT2D eigenvalue weighted by Crippen LogP contribution is 2.18. The third-order valence-electron chi connectivity index (χ3n) is 3.00. The zero-order chi connectivity index (χ0) is 12.3.